The number of halogens is 1. The van der Waals surface area contributed by atoms with Crippen LogP contribution in [-0.4, -0.2) is 32.4 Å². The summed E-state index contributed by atoms with van der Waals surface area (Å²) in [6.07, 6.45) is 6.41. The van der Waals surface area contributed by atoms with Gasteiger partial charge in [-0.05, 0) is 50.4 Å². The maximum absolute atomic E-state index is 13.0. The maximum atomic E-state index is 13.0. The molecule has 0 radical (unpaired) electrons. The zero-order valence-electron chi connectivity index (χ0n) is 13.5. The molecule has 4 nitrogen and oxygen atoms in total. The van der Waals surface area contributed by atoms with Gasteiger partial charge in [-0.25, -0.2) is 4.39 Å². The number of aliphatic hydroxyl groups is 1. The smallest absolute Gasteiger partial charge is 0.123 e. The van der Waals surface area contributed by atoms with E-state index in [0.29, 0.717) is 12.5 Å². The lowest BCUT2D eigenvalue weighted by atomic mass is 10.0. The Morgan fingerprint density at radius 1 is 1.35 bits per heavy atom. The van der Waals surface area contributed by atoms with Crippen molar-refractivity contribution < 1.29 is 9.50 Å². The second-order valence-electron chi connectivity index (χ2n) is 6.27. The Bertz CT molecular complexity index is 625. The van der Waals surface area contributed by atoms with Crippen LogP contribution in [-0.2, 0) is 13.1 Å². The van der Waals surface area contributed by atoms with Gasteiger partial charge >= 0.3 is 0 Å². The summed E-state index contributed by atoms with van der Waals surface area (Å²) in [5.74, 6) is -0.267. The molecule has 23 heavy (non-hydrogen) atoms. The first-order valence-corrected chi connectivity index (χ1v) is 8.34. The molecule has 2 aromatic rings. The number of hydrogen-bond acceptors (Lipinski definition) is 3. The molecule has 2 atom stereocenters. The van der Waals surface area contributed by atoms with Gasteiger partial charge in [0.2, 0.25) is 0 Å². The first kappa shape index (κ1) is 16.1. The highest BCUT2D eigenvalue weighted by Gasteiger charge is 2.27. The molecule has 0 amide bonds. The summed E-state index contributed by atoms with van der Waals surface area (Å²) in [5, 5.41) is 14.8. The predicted molar refractivity (Wildman–Crippen MR) is 87.3 cm³/mol. The molecule has 124 valence electrons. The van der Waals surface area contributed by atoms with E-state index in [-0.39, 0.29) is 5.82 Å². The molecule has 0 aliphatic carbocycles. The Balaban J connectivity index is 1.61. The third kappa shape index (κ3) is 3.98. The van der Waals surface area contributed by atoms with E-state index in [1.54, 1.807) is 12.1 Å². The highest BCUT2D eigenvalue weighted by atomic mass is 19.1. The molecule has 1 fully saturated rings. The van der Waals surface area contributed by atoms with Gasteiger partial charge < -0.3 is 5.11 Å². The highest BCUT2D eigenvalue weighted by Crippen LogP contribution is 2.28. The molecule has 3 rings (SSSR count). The van der Waals surface area contributed by atoms with Crippen LogP contribution in [0.2, 0.25) is 0 Å². The molecule has 1 saturated heterocycles. The van der Waals surface area contributed by atoms with Crippen molar-refractivity contribution in [1.82, 2.24) is 14.7 Å². The molecule has 1 aliphatic heterocycles. The van der Waals surface area contributed by atoms with E-state index in [1.807, 2.05) is 10.9 Å². The van der Waals surface area contributed by atoms with Crippen molar-refractivity contribution in [2.24, 2.45) is 0 Å². The van der Waals surface area contributed by atoms with E-state index < -0.39 is 6.10 Å². The van der Waals surface area contributed by atoms with Crippen LogP contribution < -0.4 is 0 Å². The average Bonchev–Trinajstić information content (AvgIpc) is 3.18. The fourth-order valence-corrected chi connectivity index (χ4v) is 3.34. The molecular formula is C18H24FN3O. The Morgan fingerprint density at radius 3 is 2.83 bits per heavy atom. The monoisotopic (exact) mass is 317 g/mol. The molecule has 1 aromatic heterocycles. The number of hydrogen-bond donors (Lipinski definition) is 1. The fraction of sp³-hybridized carbons (Fsp3) is 0.500. The standard InChI is InChI=1S/C18H24FN3O/c1-2-22-13-14(11-20-22)12-21-9-3-4-17(21)10-18(23)15-5-7-16(19)8-6-15/h5-8,11,13,17-18,23H,2-4,9-10,12H2,1H3. The van der Waals surface area contributed by atoms with Gasteiger partial charge in [-0.15, -0.1) is 0 Å². The van der Waals surface area contributed by atoms with E-state index in [1.165, 1.54) is 17.7 Å². The van der Waals surface area contributed by atoms with Gasteiger partial charge in [-0.2, -0.15) is 5.10 Å². The minimum absolute atomic E-state index is 0.267. The van der Waals surface area contributed by atoms with E-state index in [2.05, 4.69) is 23.1 Å². The summed E-state index contributed by atoms with van der Waals surface area (Å²) in [6, 6.07) is 6.52. The van der Waals surface area contributed by atoms with Crippen LogP contribution in [0.5, 0.6) is 0 Å². The lowest BCUT2D eigenvalue weighted by molar-refractivity contribution is 0.118. The molecule has 2 heterocycles. The van der Waals surface area contributed by atoms with Crippen LogP contribution in [0.4, 0.5) is 4.39 Å². The van der Waals surface area contributed by atoms with Gasteiger partial charge in [0.15, 0.2) is 0 Å². The summed E-state index contributed by atoms with van der Waals surface area (Å²) in [4.78, 5) is 2.42. The Hall–Kier alpha value is -1.72. The SMILES string of the molecule is CCn1cc(CN2CCCC2CC(O)c2ccc(F)cc2)cn1. The zero-order valence-corrected chi connectivity index (χ0v) is 13.5. The van der Waals surface area contributed by atoms with E-state index in [0.717, 1.165) is 38.0 Å². The van der Waals surface area contributed by atoms with E-state index >= 15 is 0 Å². The third-order valence-electron chi connectivity index (χ3n) is 4.65. The number of aliphatic hydroxyl groups excluding tert-OH is 1. The van der Waals surface area contributed by atoms with Crippen LogP contribution in [0.25, 0.3) is 0 Å². The summed E-state index contributed by atoms with van der Waals surface area (Å²) in [5.41, 5.74) is 2.01. The minimum atomic E-state index is -0.542. The normalized spacial score (nSPS) is 20.0. The van der Waals surface area contributed by atoms with Gasteiger partial charge in [0.1, 0.15) is 5.82 Å². The van der Waals surface area contributed by atoms with Crippen LogP contribution in [0.1, 0.15) is 43.4 Å². The number of benzene rings is 1. The average molecular weight is 317 g/mol. The quantitative estimate of drug-likeness (QED) is 0.890. The van der Waals surface area contributed by atoms with Crippen LogP contribution in [0.3, 0.4) is 0 Å². The molecule has 0 spiro atoms. The first-order valence-electron chi connectivity index (χ1n) is 8.34. The lowest BCUT2D eigenvalue weighted by Crippen LogP contribution is -2.30. The summed E-state index contributed by atoms with van der Waals surface area (Å²) >= 11 is 0. The second-order valence-corrected chi connectivity index (χ2v) is 6.27. The second kappa shape index (κ2) is 7.23. The van der Waals surface area contributed by atoms with Crippen molar-refractivity contribution in [2.75, 3.05) is 6.54 Å². The fourth-order valence-electron chi connectivity index (χ4n) is 3.34. The van der Waals surface area contributed by atoms with Crippen molar-refractivity contribution in [3.63, 3.8) is 0 Å². The molecular weight excluding hydrogens is 293 g/mol. The molecule has 1 N–H and O–H groups in total. The molecule has 0 bridgehead atoms. The molecule has 2 unspecified atom stereocenters. The molecule has 1 aliphatic rings. The van der Waals surface area contributed by atoms with Crippen molar-refractivity contribution in [3.8, 4) is 0 Å². The predicted octanol–water partition coefficient (Wildman–Crippen LogP) is 3.13. The van der Waals surface area contributed by atoms with Crippen molar-refractivity contribution in [2.45, 2.75) is 51.4 Å². The van der Waals surface area contributed by atoms with Gasteiger partial charge in [0, 0.05) is 30.9 Å². The van der Waals surface area contributed by atoms with Crippen molar-refractivity contribution in [1.29, 1.82) is 0 Å². The topological polar surface area (TPSA) is 41.3 Å². The first-order chi connectivity index (χ1) is 11.2. The Kier molecular flexibility index (Phi) is 5.08. The number of aryl methyl sites for hydroxylation is 1. The van der Waals surface area contributed by atoms with E-state index in [4.69, 9.17) is 0 Å². The van der Waals surface area contributed by atoms with Gasteiger partial charge in [0.05, 0.1) is 12.3 Å². The van der Waals surface area contributed by atoms with Crippen LogP contribution in [0, 0.1) is 5.82 Å². The zero-order chi connectivity index (χ0) is 16.2. The summed E-state index contributed by atoms with van der Waals surface area (Å²) < 4.78 is 14.9. The Morgan fingerprint density at radius 2 is 2.13 bits per heavy atom. The summed E-state index contributed by atoms with van der Waals surface area (Å²) in [6.45, 7) is 4.89. The van der Waals surface area contributed by atoms with Crippen LogP contribution in [0.15, 0.2) is 36.7 Å². The van der Waals surface area contributed by atoms with Crippen molar-refractivity contribution >= 4 is 0 Å². The molecule has 1 aromatic carbocycles. The number of nitrogens with zero attached hydrogens (tertiary/aromatic N) is 3. The number of aromatic nitrogens is 2. The maximum Gasteiger partial charge on any atom is 0.123 e. The summed E-state index contributed by atoms with van der Waals surface area (Å²) in [7, 11) is 0. The largest absolute Gasteiger partial charge is 0.388 e. The molecule has 5 heteroatoms. The minimum Gasteiger partial charge on any atom is -0.388 e. The number of rotatable bonds is 6. The van der Waals surface area contributed by atoms with E-state index in [9.17, 15) is 9.50 Å². The van der Waals surface area contributed by atoms with Crippen LogP contribution >= 0.6 is 0 Å². The van der Waals surface area contributed by atoms with Gasteiger partial charge in [-0.3, -0.25) is 9.58 Å². The van der Waals surface area contributed by atoms with Crippen molar-refractivity contribution in [3.05, 3.63) is 53.6 Å². The highest BCUT2D eigenvalue weighted by molar-refractivity contribution is 5.18. The van der Waals surface area contributed by atoms with Gasteiger partial charge in [0.25, 0.3) is 0 Å². The Labute approximate surface area is 136 Å². The lowest BCUT2D eigenvalue weighted by Gasteiger charge is -2.26. The number of likely N-dealkylation sites (tertiary alicyclic amines) is 1. The third-order valence-corrected chi connectivity index (χ3v) is 4.65. The van der Waals surface area contributed by atoms with Gasteiger partial charge in [-0.1, -0.05) is 12.1 Å². The molecule has 0 saturated carbocycles.